The fourth-order valence-electron chi connectivity index (χ4n) is 1.94. The Hall–Kier alpha value is -3.00. The van der Waals surface area contributed by atoms with Crippen LogP contribution >= 0.6 is 0 Å². The lowest BCUT2D eigenvalue weighted by Gasteiger charge is -2.09. The number of ether oxygens (including phenoxy) is 2. The van der Waals surface area contributed by atoms with Gasteiger partial charge >= 0.3 is 0 Å². The van der Waals surface area contributed by atoms with E-state index in [-0.39, 0.29) is 12.5 Å². The summed E-state index contributed by atoms with van der Waals surface area (Å²) in [6.07, 6.45) is 0.360. The third-order valence-corrected chi connectivity index (χ3v) is 3.03. The number of nitrogens with zero attached hydrogens (tertiary/aromatic N) is 1. The van der Waals surface area contributed by atoms with E-state index < -0.39 is 0 Å². The van der Waals surface area contributed by atoms with Crippen molar-refractivity contribution in [2.75, 3.05) is 18.5 Å². The quantitative estimate of drug-likeness (QED) is 0.852. The molecule has 118 valence electrons. The van der Waals surface area contributed by atoms with Crippen molar-refractivity contribution in [2.45, 2.75) is 13.3 Å². The number of carbonyl (C=O) groups is 1. The Bertz CT molecular complexity index is 673. The number of rotatable bonds is 7. The molecule has 5 heteroatoms. The van der Waals surface area contributed by atoms with Crippen LogP contribution in [0.4, 0.5) is 5.69 Å². The number of amides is 1. The summed E-state index contributed by atoms with van der Waals surface area (Å²) < 4.78 is 10.8. The van der Waals surface area contributed by atoms with Crippen molar-refractivity contribution < 1.29 is 14.3 Å². The topological polar surface area (TPSA) is 71.3 Å². The fraction of sp³-hybridized carbons (Fsp3) is 0.222. The van der Waals surface area contributed by atoms with Gasteiger partial charge in [0.25, 0.3) is 5.91 Å². The molecule has 0 saturated carbocycles. The minimum atomic E-state index is -0.240. The summed E-state index contributed by atoms with van der Waals surface area (Å²) in [4.78, 5) is 11.9. The van der Waals surface area contributed by atoms with Gasteiger partial charge in [-0.2, -0.15) is 5.26 Å². The lowest BCUT2D eigenvalue weighted by Crippen LogP contribution is -2.20. The van der Waals surface area contributed by atoms with E-state index in [1.54, 1.807) is 36.4 Å². The van der Waals surface area contributed by atoms with Gasteiger partial charge in [-0.05, 0) is 48.9 Å². The van der Waals surface area contributed by atoms with Gasteiger partial charge in [-0.25, -0.2) is 0 Å². The van der Waals surface area contributed by atoms with Crippen molar-refractivity contribution in [1.82, 2.24) is 0 Å². The monoisotopic (exact) mass is 310 g/mol. The second-order valence-corrected chi connectivity index (χ2v) is 4.77. The molecular formula is C18H18N2O3. The van der Waals surface area contributed by atoms with Crippen molar-refractivity contribution >= 4 is 11.6 Å². The van der Waals surface area contributed by atoms with E-state index in [1.807, 2.05) is 19.1 Å². The van der Waals surface area contributed by atoms with E-state index in [2.05, 4.69) is 11.4 Å². The average molecular weight is 310 g/mol. The Morgan fingerprint density at radius 2 is 1.65 bits per heavy atom. The molecule has 1 N–H and O–H groups in total. The highest BCUT2D eigenvalue weighted by Crippen LogP contribution is 2.16. The van der Waals surface area contributed by atoms with Crippen LogP contribution in [-0.2, 0) is 11.2 Å². The number of hydrogen-bond acceptors (Lipinski definition) is 4. The van der Waals surface area contributed by atoms with E-state index in [9.17, 15) is 4.79 Å². The van der Waals surface area contributed by atoms with Crippen LogP contribution in [-0.4, -0.2) is 19.1 Å². The molecule has 0 unspecified atom stereocenters. The smallest absolute Gasteiger partial charge is 0.262 e. The summed E-state index contributed by atoms with van der Waals surface area (Å²) in [6, 6.07) is 16.3. The number of nitrogens with one attached hydrogen (secondary N) is 1. The number of benzene rings is 2. The molecule has 0 aromatic heterocycles. The molecule has 0 fully saturated rings. The Kier molecular flexibility index (Phi) is 6.01. The minimum Gasteiger partial charge on any atom is -0.494 e. The van der Waals surface area contributed by atoms with Crippen LogP contribution in [0.1, 0.15) is 12.5 Å². The second kappa shape index (κ2) is 8.44. The predicted octanol–water partition coefficient (Wildman–Crippen LogP) is 3.17. The zero-order valence-electron chi connectivity index (χ0n) is 12.9. The molecule has 2 aromatic rings. The van der Waals surface area contributed by atoms with Gasteiger partial charge in [0.15, 0.2) is 6.61 Å². The maximum atomic E-state index is 11.9. The highest BCUT2D eigenvalue weighted by Gasteiger charge is 2.04. The summed E-state index contributed by atoms with van der Waals surface area (Å²) in [5.74, 6) is 1.11. The van der Waals surface area contributed by atoms with E-state index in [1.165, 1.54) is 0 Å². The van der Waals surface area contributed by atoms with Gasteiger partial charge in [0.2, 0.25) is 0 Å². The Balaban J connectivity index is 1.81. The number of carbonyl (C=O) groups excluding carboxylic acids is 1. The Morgan fingerprint density at radius 1 is 1.04 bits per heavy atom. The number of anilines is 1. The van der Waals surface area contributed by atoms with Crippen LogP contribution < -0.4 is 14.8 Å². The van der Waals surface area contributed by atoms with E-state index in [0.717, 1.165) is 11.3 Å². The third-order valence-electron chi connectivity index (χ3n) is 3.03. The zero-order chi connectivity index (χ0) is 16.5. The lowest BCUT2D eigenvalue weighted by atomic mass is 10.2. The second-order valence-electron chi connectivity index (χ2n) is 4.77. The summed E-state index contributed by atoms with van der Waals surface area (Å²) >= 11 is 0. The molecule has 2 aromatic carbocycles. The van der Waals surface area contributed by atoms with Gasteiger partial charge in [0.1, 0.15) is 11.5 Å². The van der Waals surface area contributed by atoms with Gasteiger partial charge in [-0.3, -0.25) is 4.79 Å². The van der Waals surface area contributed by atoms with E-state index in [0.29, 0.717) is 24.5 Å². The number of hydrogen-bond donors (Lipinski definition) is 1. The van der Waals surface area contributed by atoms with Crippen molar-refractivity contribution in [1.29, 1.82) is 5.26 Å². The SMILES string of the molecule is CCOc1ccc(NC(=O)COc2ccc(CC#N)cc2)cc1. The highest BCUT2D eigenvalue weighted by atomic mass is 16.5. The molecule has 23 heavy (non-hydrogen) atoms. The van der Waals surface area contributed by atoms with Crippen molar-refractivity contribution in [3.8, 4) is 17.6 Å². The molecule has 0 bridgehead atoms. The maximum absolute atomic E-state index is 11.9. The Morgan fingerprint density at radius 3 is 2.26 bits per heavy atom. The van der Waals surface area contributed by atoms with Crippen LogP contribution in [0.5, 0.6) is 11.5 Å². The van der Waals surface area contributed by atoms with Crippen LogP contribution in [0.2, 0.25) is 0 Å². The van der Waals surface area contributed by atoms with E-state index >= 15 is 0 Å². The molecule has 5 nitrogen and oxygen atoms in total. The van der Waals surface area contributed by atoms with Gasteiger partial charge in [0, 0.05) is 5.69 Å². The number of nitriles is 1. The third kappa shape index (κ3) is 5.36. The lowest BCUT2D eigenvalue weighted by molar-refractivity contribution is -0.118. The Labute approximate surface area is 135 Å². The molecule has 0 aliphatic rings. The van der Waals surface area contributed by atoms with Gasteiger partial charge < -0.3 is 14.8 Å². The molecule has 0 radical (unpaired) electrons. The van der Waals surface area contributed by atoms with Gasteiger partial charge in [-0.15, -0.1) is 0 Å². The molecule has 1 amide bonds. The normalized spacial score (nSPS) is 9.74. The first-order chi connectivity index (χ1) is 11.2. The molecule has 0 saturated heterocycles. The molecule has 0 aliphatic carbocycles. The molecule has 2 rings (SSSR count). The molecule has 0 spiro atoms. The van der Waals surface area contributed by atoms with Crippen molar-refractivity contribution in [3.05, 3.63) is 54.1 Å². The first kappa shape index (κ1) is 16.4. The van der Waals surface area contributed by atoms with Crippen LogP contribution in [0.15, 0.2) is 48.5 Å². The van der Waals surface area contributed by atoms with Gasteiger partial charge in [-0.1, -0.05) is 12.1 Å². The average Bonchev–Trinajstić information content (AvgIpc) is 2.57. The van der Waals surface area contributed by atoms with Crippen molar-refractivity contribution in [2.24, 2.45) is 0 Å². The summed E-state index contributed by atoms with van der Waals surface area (Å²) in [7, 11) is 0. The van der Waals surface area contributed by atoms with E-state index in [4.69, 9.17) is 14.7 Å². The first-order valence-electron chi connectivity index (χ1n) is 7.32. The summed E-state index contributed by atoms with van der Waals surface area (Å²) in [6.45, 7) is 2.44. The van der Waals surface area contributed by atoms with Crippen molar-refractivity contribution in [3.63, 3.8) is 0 Å². The maximum Gasteiger partial charge on any atom is 0.262 e. The predicted molar refractivity (Wildman–Crippen MR) is 87.5 cm³/mol. The van der Waals surface area contributed by atoms with Crippen LogP contribution in [0, 0.1) is 11.3 Å². The molecule has 0 atom stereocenters. The largest absolute Gasteiger partial charge is 0.494 e. The van der Waals surface area contributed by atoms with Crippen LogP contribution in [0.25, 0.3) is 0 Å². The molecule has 0 heterocycles. The standard InChI is InChI=1S/C18H18N2O3/c1-2-22-16-9-5-15(6-10-16)20-18(21)13-23-17-7-3-14(4-8-17)11-12-19/h3-10H,2,11,13H2,1H3,(H,20,21). The highest BCUT2D eigenvalue weighted by molar-refractivity contribution is 5.91. The summed E-state index contributed by atoms with van der Waals surface area (Å²) in [5.41, 5.74) is 1.60. The van der Waals surface area contributed by atoms with Crippen LogP contribution in [0.3, 0.4) is 0 Å². The molecule has 0 aliphatic heterocycles. The minimum absolute atomic E-state index is 0.0786. The fourth-order valence-corrected chi connectivity index (χ4v) is 1.94. The van der Waals surface area contributed by atoms with Gasteiger partial charge in [0.05, 0.1) is 19.1 Å². The summed E-state index contributed by atoms with van der Waals surface area (Å²) in [5, 5.41) is 11.4. The zero-order valence-corrected chi connectivity index (χ0v) is 12.9. The molecular weight excluding hydrogens is 292 g/mol. The first-order valence-corrected chi connectivity index (χ1v) is 7.32.